The van der Waals surface area contributed by atoms with Gasteiger partial charge >= 0.3 is 0 Å². The second-order valence-corrected chi connectivity index (χ2v) is 7.05. The van der Waals surface area contributed by atoms with Gasteiger partial charge in [-0.15, -0.1) is 11.3 Å². The van der Waals surface area contributed by atoms with Crippen molar-refractivity contribution in [3.63, 3.8) is 0 Å². The van der Waals surface area contributed by atoms with Crippen LogP contribution in [0.4, 0.5) is 5.82 Å². The molecule has 3 heterocycles. The van der Waals surface area contributed by atoms with Crippen LogP contribution < -0.4 is 5.32 Å². The van der Waals surface area contributed by atoms with Gasteiger partial charge in [0.1, 0.15) is 17.0 Å². The largest absolute Gasteiger partial charge is 0.376 e. The number of ether oxygens (including phenoxy) is 1. The lowest BCUT2D eigenvalue weighted by atomic mass is 10.1. The van der Waals surface area contributed by atoms with E-state index >= 15 is 0 Å². The highest BCUT2D eigenvalue weighted by molar-refractivity contribution is 7.19. The summed E-state index contributed by atoms with van der Waals surface area (Å²) >= 11 is 1.85. The van der Waals surface area contributed by atoms with Crippen molar-refractivity contribution in [2.45, 2.75) is 57.6 Å². The van der Waals surface area contributed by atoms with E-state index in [-0.39, 0.29) is 0 Å². The van der Waals surface area contributed by atoms with Gasteiger partial charge < -0.3 is 10.1 Å². The molecule has 0 spiro atoms. The third-order valence-corrected chi connectivity index (χ3v) is 5.88. The van der Waals surface area contributed by atoms with Gasteiger partial charge in [-0.3, -0.25) is 0 Å². The predicted molar refractivity (Wildman–Crippen MR) is 86.1 cm³/mol. The van der Waals surface area contributed by atoms with E-state index in [1.54, 1.807) is 6.33 Å². The number of nitrogens with zero attached hydrogens (tertiary/aromatic N) is 2. The minimum absolute atomic E-state index is 0.326. The topological polar surface area (TPSA) is 47.0 Å². The van der Waals surface area contributed by atoms with E-state index in [9.17, 15) is 0 Å². The van der Waals surface area contributed by atoms with E-state index in [1.165, 1.54) is 41.5 Å². The van der Waals surface area contributed by atoms with Crippen LogP contribution in [0.3, 0.4) is 0 Å². The summed E-state index contributed by atoms with van der Waals surface area (Å²) in [5, 5.41) is 4.93. The molecule has 0 saturated carbocycles. The van der Waals surface area contributed by atoms with Gasteiger partial charge in [-0.05, 0) is 44.1 Å². The molecule has 1 aliphatic heterocycles. The fourth-order valence-corrected chi connectivity index (χ4v) is 4.82. The molecule has 2 aromatic heterocycles. The molecule has 2 aromatic rings. The summed E-state index contributed by atoms with van der Waals surface area (Å²) in [5.41, 5.74) is 1.49. The molecule has 2 atom stereocenters. The van der Waals surface area contributed by atoms with Crippen LogP contribution in [0.15, 0.2) is 6.33 Å². The number of aromatic nitrogens is 2. The first-order chi connectivity index (χ1) is 10.4. The van der Waals surface area contributed by atoms with E-state index in [0.29, 0.717) is 12.1 Å². The van der Waals surface area contributed by atoms with Gasteiger partial charge in [-0.2, -0.15) is 0 Å². The van der Waals surface area contributed by atoms with Crippen molar-refractivity contribution >= 4 is 27.4 Å². The Morgan fingerprint density at radius 3 is 3.14 bits per heavy atom. The molecule has 1 fully saturated rings. The molecule has 2 aliphatic rings. The average molecular weight is 303 g/mol. The monoisotopic (exact) mass is 303 g/mol. The van der Waals surface area contributed by atoms with Crippen molar-refractivity contribution < 1.29 is 4.74 Å². The summed E-state index contributed by atoms with van der Waals surface area (Å²) in [7, 11) is 0. The Morgan fingerprint density at radius 2 is 2.33 bits per heavy atom. The van der Waals surface area contributed by atoms with Crippen molar-refractivity contribution in [2.75, 3.05) is 11.9 Å². The van der Waals surface area contributed by atoms with Crippen LogP contribution in [-0.4, -0.2) is 28.7 Å². The smallest absolute Gasteiger partial charge is 0.138 e. The highest BCUT2D eigenvalue weighted by Crippen LogP contribution is 2.39. The van der Waals surface area contributed by atoms with Gasteiger partial charge in [0.2, 0.25) is 0 Å². The Labute approximate surface area is 128 Å². The summed E-state index contributed by atoms with van der Waals surface area (Å²) < 4.78 is 5.86. The lowest BCUT2D eigenvalue weighted by molar-refractivity contribution is 0.0943. The fraction of sp³-hybridized carbons (Fsp3) is 0.625. The van der Waals surface area contributed by atoms with Crippen LogP contribution >= 0.6 is 11.3 Å². The number of hydrogen-bond acceptors (Lipinski definition) is 5. The van der Waals surface area contributed by atoms with E-state index in [4.69, 9.17) is 4.74 Å². The lowest BCUT2D eigenvalue weighted by Crippen LogP contribution is -2.32. The van der Waals surface area contributed by atoms with Crippen LogP contribution in [0.5, 0.6) is 0 Å². The molecule has 4 rings (SSSR count). The van der Waals surface area contributed by atoms with Gasteiger partial charge in [0.15, 0.2) is 0 Å². The standard InChI is InChI=1S/C16H21N3OS/c1-2-11(12-6-4-8-20-12)19-15-14-10-5-3-7-13(10)21-16(14)18-9-17-15/h9,11-12H,2-8H2,1H3,(H,17,18,19). The quantitative estimate of drug-likeness (QED) is 0.938. The maximum absolute atomic E-state index is 5.86. The molecule has 21 heavy (non-hydrogen) atoms. The number of rotatable bonds is 4. The summed E-state index contributed by atoms with van der Waals surface area (Å²) in [6.45, 7) is 3.12. The van der Waals surface area contributed by atoms with Crippen molar-refractivity contribution in [2.24, 2.45) is 0 Å². The van der Waals surface area contributed by atoms with Gasteiger partial charge in [0, 0.05) is 11.5 Å². The number of hydrogen-bond donors (Lipinski definition) is 1. The Bertz CT molecular complexity index is 648. The SMILES string of the molecule is CCC(Nc1ncnc2sc3c(c12)CCC3)C1CCCO1. The molecule has 0 radical (unpaired) electrons. The number of anilines is 1. The molecule has 1 saturated heterocycles. The molecular formula is C16H21N3OS. The van der Waals surface area contributed by atoms with Gasteiger partial charge in [0.05, 0.1) is 17.5 Å². The molecule has 1 aliphatic carbocycles. The normalized spacial score (nSPS) is 22.6. The van der Waals surface area contributed by atoms with Crippen molar-refractivity contribution in [1.82, 2.24) is 9.97 Å². The van der Waals surface area contributed by atoms with Gasteiger partial charge in [-0.1, -0.05) is 6.92 Å². The molecule has 2 unspecified atom stereocenters. The minimum atomic E-state index is 0.326. The third-order valence-electron chi connectivity index (χ3n) is 4.68. The first-order valence-corrected chi connectivity index (χ1v) is 8.82. The Kier molecular flexibility index (Phi) is 3.55. The number of aryl methyl sites for hydroxylation is 2. The predicted octanol–water partition coefficient (Wildman–Crippen LogP) is 3.55. The summed E-state index contributed by atoms with van der Waals surface area (Å²) in [6.07, 6.45) is 9.06. The lowest BCUT2D eigenvalue weighted by Gasteiger charge is -2.23. The molecule has 4 nitrogen and oxygen atoms in total. The number of thiophene rings is 1. The molecule has 0 amide bonds. The summed E-state index contributed by atoms with van der Waals surface area (Å²) in [6, 6.07) is 0.350. The zero-order valence-electron chi connectivity index (χ0n) is 12.4. The number of fused-ring (bicyclic) bond motifs is 3. The van der Waals surface area contributed by atoms with E-state index in [2.05, 4.69) is 22.2 Å². The van der Waals surface area contributed by atoms with Crippen molar-refractivity contribution in [3.05, 3.63) is 16.8 Å². The molecule has 5 heteroatoms. The van der Waals surface area contributed by atoms with E-state index in [1.807, 2.05) is 11.3 Å². The van der Waals surface area contributed by atoms with Crippen LogP contribution in [0.25, 0.3) is 10.2 Å². The molecular weight excluding hydrogens is 282 g/mol. The van der Waals surface area contributed by atoms with Gasteiger partial charge in [0.25, 0.3) is 0 Å². The Morgan fingerprint density at radius 1 is 1.38 bits per heavy atom. The van der Waals surface area contributed by atoms with Crippen molar-refractivity contribution in [3.8, 4) is 0 Å². The first kappa shape index (κ1) is 13.5. The zero-order valence-corrected chi connectivity index (χ0v) is 13.2. The highest BCUT2D eigenvalue weighted by Gasteiger charge is 2.27. The van der Waals surface area contributed by atoms with Crippen LogP contribution in [-0.2, 0) is 17.6 Å². The summed E-state index contributed by atoms with van der Waals surface area (Å²) in [4.78, 5) is 11.7. The van der Waals surface area contributed by atoms with Crippen LogP contribution in [0.1, 0.15) is 43.0 Å². The third kappa shape index (κ3) is 2.32. The molecule has 0 bridgehead atoms. The molecule has 112 valence electrons. The van der Waals surface area contributed by atoms with E-state index < -0.39 is 0 Å². The first-order valence-electron chi connectivity index (χ1n) is 8.00. The maximum atomic E-state index is 5.86. The second-order valence-electron chi connectivity index (χ2n) is 5.97. The minimum Gasteiger partial charge on any atom is -0.376 e. The Balaban J connectivity index is 1.69. The van der Waals surface area contributed by atoms with Crippen LogP contribution in [0.2, 0.25) is 0 Å². The highest BCUT2D eigenvalue weighted by atomic mass is 32.1. The fourth-order valence-electron chi connectivity index (χ4n) is 3.59. The van der Waals surface area contributed by atoms with Crippen LogP contribution in [0, 0.1) is 0 Å². The van der Waals surface area contributed by atoms with Crippen molar-refractivity contribution in [1.29, 1.82) is 0 Å². The molecule has 1 N–H and O–H groups in total. The zero-order chi connectivity index (χ0) is 14.2. The number of nitrogens with one attached hydrogen (secondary N) is 1. The van der Waals surface area contributed by atoms with E-state index in [0.717, 1.165) is 30.1 Å². The van der Waals surface area contributed by atoms with Gasteiger partial charge in [-0.25, -0.2) is 9.97 Å². The molecule has 0 aromatic carbocycles. The summed E-state index contributed by atoms with van der Waals surface area (Å²) in [5.74, 6) is 1.02. The Hall–Kier alpha value is -1.20. The average Bonchev–Trinajstić information content (AvgIpc) is 3.20. The maximum Gasteiger partial charge on any atom is 0.138 e. The second kappa shape index (κ2) is 5.54.